The summed E-state index contributed by atoms with van der Waals surface area (Å²) < 4.78 is 0. The van der Waals surface area contributed by atoms with E-state index < -0.39 is 0 Å². The molecule has 0 spiro atoms. The van der Waals surface area contributed by atoms with Crippen LogP contribution in [0.1, 0.15) is 30.4 Å². The zero-order valence-electron chi connectivity index (χ0n) is 17.6. The van der Waals surface area contributed by atoms with E-state index in [0.717, 1.165) is 42.5 Å². The van der Waals surface area contributed by atoms with Crippen molar-refractivity contribution >= 4 is 34.3 Å². The fourth-order valence-corrected chi connectivity index (χ4v) is 4.41. The molecule has 2 heterocycles. The average Bonchev–Trinajstić information content (AvgIpc) is 3.22. The van der Waals surface area contributed by atoms with Gasteiger partial charge < -0.3 is 15.2 Å². The zero-order valence-corrected chi connectivity index (χ0v) is 18.3. The van der Waals surface area contributed by atoms with Gasteiger partial charge in [-0.05, 0) is 55.0 Å². The number of aryl methyl sites for hydroxylation is 1. The number of benzene rings is 2. The summed E-state index contributed by atoms with van der Waals surface area (Å²) in [5.41, 5.74) is 3.40. The van der Waals surface area contributed by atoms with Gasteiger partial charge in [0.1, 0.15) is 0 Å². The molecule has 1 aliphatic rings. The Morgan fingerprint density at radius 1 is 1.10 bits per heavy atom. The molecule has 2 N–H and O–H groups in total. The number of carbonyl (C=O) groups excluding carboxylic acids is 2. The van der Waals surface area contributed by atoms with Gasteiger partial charge >= 0.3 is 0 Å². The largest absolute Gasteiger partial charge is 0.361 e. The number of hydrogen-bond acceptors (Lipinski definition) is 2. The molecule has 3 aromatic rings. The Labute approximate surface area is 187 Å². The van der Waals surface area contributed by atoms with Crippen LogP contribution in [0.5, 0.6) is 0 Å². The zero-order chi connectivity index (χ0) is 21.6. The number of aromatic amines is 1. The summed E-state index contributed by atoms with van der Waals surface area (Å²) in [5, 5.41) is 4.92. The number of likely N-dealkylation sites (tertiary alicyclic amines) is 1. The number of hydrogen-bond donors (Lipinski definition) is 2. The van der Waals surface area contributed by atoms with E-state index in [2.05, 4.69) is 16.4 Å². The number of nitrogens with zero attached hydrogens (tertiary/aromatic N) is 1. The Balaban J connectivity index is 1.24. The van der Waals surface area contributed by atoms with Crippen molar-refractivity contribution in [2.75, 3.05) is 19.6 Å². The molecular weight excluding hydrogens is 410 g/mol. The third kappa shape index (κ3) is 5.47. The highest BCUT2D eigenvalue weighted by molar-refractivity contribution is 6.30. The Hall–Kier alpha value is -2.79. The fraction of sp³-hybridized carbons (Fsp3) is 0.360. The van der Waals surface area contributed by atoms with Gasteiger partial charge in [0.25, 0.3) is 0 Å². The number of fused-ring (bicyclic) bond motifs is 1. The van der Waals surface area contributed by atoms with Gasteiger partial charge in [0.05, 0.1) is 5.92 Å². The minimum absolute atomic E-state index is 0.0445. The molecule has 5 nitrogen and oxygen atoms in total. The quantitative estimate of drug-likeness (QED) is 0.577. The van der Waals surface area contributed by atoms with Crippen molar-refractivity contribution in [1.29, 1.82) is 0 Å². The normalized spacial score (nSPS) is 16.4. The van der Waals surface area contributed by atoms with Crippen LogP contribution in [0.4, 0.5) is 0 Å². The van der Waals surface area contributed by atoms with Gasteiger partial charge in [-0.15, -0.1) is 0 Å². The minimum atomic E-state index is -0.129. The highest BCUT2D eigenvalue weighted by Crippen LogP contribution is 2.21. The molecule has 4 rings (SSSR count). The van der Waals surface area contributed by atoms with Crippen LogP contribution in [-0.2, 0) is 22.4 Å². The number of nitrogens with one attached hydrogen (secondary N) is 2. The summed E-state index contributed by atoms with van der Waals surface area (Å²) in [6, 6.07) is 15.8. The Morgan fingerprint density at radius 3 is 2.74 bits per heavy atom. The highest BCUT2D eigenvalue weighted by atomic mass is 35.5. The molecule has 0 saturated carbocycles. The van der Waals surface area contributed by atoms with Crippen LogP contribution in [0.2, 0.25) is 5.02 Å². The lowest BCUT2D eigenvalue weighted by Gasteiger charge is -2.32. The van der Waals surface area contributed by atoms with Gasteiger partial charge in [0, 0.05) is 48.2 Å². The molecule has 1 aliphatic heterocycles. The standard InChI is InChI=1S/C25H28ClN3O2/c26-21-10-7-18(8-11-21)13-14-27-25(31)20-4-3-15-29(17-20)24(30)12-9-19-16-28-23-6-2-1-5-22(19)23/h1-2,5-8,10-11,16,20,28H,3-4,9,12-15,17H2,(H,27,31)/t20-/m0/s1. The molecule has 2 amide bonds. The van der Waals surface area contributed by atoms with E-state index in [0.29, 0.717) is 31.0 Å². The molecule has 6 heteroatoms. The van der Waals surface area contributed by atoms with Crippen LogP contribution in [0, 0.1) is 5.92 Å². The van der Waals surface area contributed by atoms with Crippen LogP contribution in [-0.4, -0.2) is 41.3 Å². The first kappa shape index (κ1) is 21.4. The van der Waals surface area contributed by atoms with Crippen molar-refractivity contribution < 1.29 is 9.59 Å². The smallest absolute Gasteiger partial charge is 0.224 e. The van der Waals surface area contributed by atoms with E-state index in [-0.39, 0.29) is 17.7 Å². The Kier molecular flexibility index (Phi) is 6.92. The van der Waals surface area contributed by atoms with E-state index >= 15 is 0 Å². The first-order valence-corrected chi connectivity index (χ1v) is 11.3. The van der Waals surface area contributed by atoms with Crippen LogP contribution >= 0.6 is 11.6 Å². The van der Waals surface area contributed by atoms with E-state index in [1.165, 1.54) is 5.39 Å². The number of rotatable bonds is 7. The van der Waals surface area contributed by atoms with Crippen molar-refractivity contribution in [3.8, 4) is 0 Å². The summed E-state index contributed by atoms with van der Waals surface area (Å²) in [6.07, 6.45) is 5.63. The lowest BCUT2D eigenvalue weighted by atomic mass is 9.96. The summed E-state index contributed by atoms with van der Waals surface area (Å²) >= 11 is 5.91. The number of para-hydroxylation sites is 1. The van der Waals surface area contributed by atoms with Crippen molar-refractivity contribution in [1.82, 2.24) is 15.2 Å². The molecule has 0 radical (unpaired) electrons. The SMILES string of the molecule is O=C(NCCc1ccc(Cl)cc1)[C@H]1CCCN(C(=O)CCc2c[nH]c3ccccc23)C1. The van der Waals surface area contributed by atoms with Gasteiger partial charge in [-0.1, -0.05) is 41.9 Å². The molecule has 1 atom stereocenters. The topological polar surface area (TPSA) is 65.2 Å². The third-order valence-electron chi connectivity index (χ3n) is 6.05. The van der Waals surface area contributed by atoms with Crippen LogP contribution in [0.3, 0.4) is 0 Å². The average molecular weight is 438 g/mol. The number of amides is 2. The third-order valence-corrected chi connectivity index (χ3v) is 6.31. The Morgan fingerprint density at radius 2 is 1.90 bits per heavy atom. The molecule has 0 aliphatic carbocycles. The number of H-pyrrole nitrogens is 1. The molecule has 162 valence electrons. The van der Waals surface area contributed by atoms with Crippen molar-refractivity contribution in [2.45, 2.75) is 32.1 Å². The predicted octanol–water partition coefficient (Wildman–Crippen LogP) is 4.35. The number of piperidine rings is 1. The van der Waals surface area contributed by atoms with Gasteiger partial charge in [-0.2, -0.15) is 0 Å². The van der Waals surface area contributed by atoms with Gasteiger partial charge in [0.15, 0.2) is 0 Å². The molecular formula is C25H28ClN3O2. The Bertz CT molecular complexity index is 1040. The molecule has 1 saturated heterocycles. The molecule has 1 fully saturated rings. The van der Waals surface area contributed by atoms with E-state index in [9.17, 15) is 9.59 Å². The second-order valence-electron chi connectivity index (χ2n) is 8.21. The predicted molar refractivity (Wildman–Crippen MR) is 124 cm³/mol. The highest BCUT2D eigenvalue weighted by Gasteiger charge is 2.28. The van der Waals surface area contributed by atoms with Crippen LogP contribution in [0.25, 0.3) is 10.9 Å². The molecule has 31 heavy (non-hydrogen) atoms. The maximum absolute atomic E-state index is 12.8. The summed E-state index contributed by atoms with van der Waals surface area (Å²) in [4.78, 5) is 30.6. The lowest BCUT2D eigenvalue weighted by Crippen LogP contribution is -2.45. The first-order valence-electron chi connectivity index (χ1n) is 10.9. The maximum atomic E-state index is 12.8. The summed E-state index contributed by atoms with van der Waals surface area (Å²) in [5.74, 6) is 0.0445. The van der Waals surface area contributed by atoms with E-state index in [4.69, 9.17) is 11.6 Å². The molecule has 1 aromatic heterocycles. The van der Waals surface area contributed by atoms with Crippen LogP contribution < -0.4 is 5.32 Å². The number of carbonyl (C=O) groups is 2. The summed E-state index contributed by atoms with van der Waals surface area (Å²) in [6.45, 7) is 1.84. The molecule has 0 bridgehead atoms. The number of aromatic nitrogens is 1. The monoisotopic (exact) mass is 437 g/mol. The van der Waals surface area contributed by atoms with E-state index in [1.54, 1.807) is 0 Å². The minimum Gasteiger partial charge on any atom is -0.361 e. The lowest BCUT2D eigenvalue weighted by molar-refractivity contribution is -0.135. The van der Waals surface area contributed by atoms with Gasteiger partial charge in [0.2, 0.25) is 11.8 Å². The molecule has 2 aromatic carbocycles. The molecule has 0 unspecified atom stereocenters. The first-order chi connectivity index (χ1) is 15.1. The van der Waals surface area contributed by atoms with Crippen LogP contribution in [0.15, 0.2) is 54.7 Å². The number of halogens is 1. The van der Waals surface area contributed by atoms with Crippen molar-refractivity contribution in [3.05, 3.63) is 70.9 Å². The van der Waals surface area contributed by atoms with Crippen molar-refractivity contribution in [3.63, 3.8) is 0 Å². The maximum Gasteiger partial charge on any atom is 0.224 e. The second-order valence-corrected chi connectivity index (χ2v) is 8.64. The van der Waals surface area contributed by atoms with E-state index in [1.807, 2.05) is 53.6 Å². The van der Waals surface area contributed by atoms with Crippen molar-refractivity contribution in [2.24, 2.45) is 5.92 Å². The fourth-order valence-electron chi connectivity index (χ4n) is 4.28. The van der Waals surface area contributed by atoms with Gasteiger partial charge in [-0.3, -0.25) is 9.59 Å². The van der Waals surface area contributed by atoms with Gasteiger partial charge in [-0.25, -0.2) is 0 Å². The summed E-state index contributed by atoms with van der Waals surface area (Å²) in [7, 11) is 0. The second kappa shape index (κ2) is 10.0.